The highest BCUT2D eigenvalue weighted by molar-refractivity contribution is 7.62. The molecule has 0 saturated heterocycles. The topological polar surface area (TPSA) is 111 Å². The minimum Gasteiger partial charge on any atom is -0.382 e. The molecule has 0 rings (SSSR count). The maximum atomic E-state index is 5.80. The van der Waals surface area contributed by atoms with Crippen LogP contribution in [-0.2, 0) is 56.2 Å². The maximum absolute atomic E-state index is 5.80. The second-order valence-corrected chi connectivity index (χ2v) is 8.76. The van der Waals surface area contributed by atoms with Crippen LogP contribution >= 0.6 is 7.94 Å². The second kappa shape index (κ2) is 28.5. The Labute approximate surface area is 211 Å². The summed E-state index contributed by atoms with van der Waals surface area (Å²) in [4.78, 5) is 0. The predicted octanol–water partition coefficient (Wildman–Crippen LogP) is 1.63. The van der Waals surface area contributed by atoms with Crippen molar-refractivity contribution in [1.29, 1.82) is 0 Å². The molecule has 0 heterocycles. The first-order valence-corrected chi connectivity index (χ1v) is 13.5. The van der Waals surface area contributed by atoms with Crippen molar-refractivity contribution >= 4 is 7.94 Å². The summed E-state index contributed by atoms with van der Waals surface area (Å²) in [6, 6.07) is 0. The summed E-state index contributed by atoms with van der Waals surface area (Å²) in [7, 11) is 2.08. The third-order valence-electron chi connectivity index (χ3n) is 3.96. The second-order valence-electron chi connectivity index (χ2n) is 6.76. The standard InChI is InChI=1S/C22H47O12P/c1-23-5-8-26-11-14-29-17-20-32-35(4,33-21-18-30-15-12-27-9-6-24-2)34-22-19-31-16-13-28-10-7-25-3/h4-22H2,1-3H3. The van der Waals surface area contributed by atoms with E-state index in [9.17, 15) is 0 Å². The molecule has 0 aromatic heterocycles. The van der Waals surface area contributed by atoms with Crippen LogP contribution in [0.5, 0.6) is 0 Å². The Hall–Kier alpha value is -0.0500. The summed E-state index contributed by atoms with van der Waals surface area (Å²) < 4.78 is 64.7. The van der Waals surface area contributed by atoms with Gasteiger partial charge in [-0.15, -0.1) is 0 Å². The molecular weight excluding hydrogens is 487 g/mol. The van der Waals surface area contributed by atoms with Gasteiger partial charge in [-0.1, -0.05) is 6.66 Å². The zero-order chi connectivity index (χ0) is 25.7. The first-order valence-electron chi connectivity index (χ1n) is 11.8. The molecule has 0 aromatic carbocycles. The fourth-order valence-corrected chi connectivity index (χ4v) is 3.49. The number of hydrogen-bond donors (Lipinski definition) is 0. The Kier molecular flexibility index (Phi) is 28.5. The van der Waals surface area contributed by atoms with Gasteiger partial charge in [0.1, 0.15) is 19.8 Å². The lowest BCUT2D eigenvalue weighted by Gasteiger charge is -2.25. The van der Waals surface area contributed by atoms with Crippen molar-refractivity contribution in [2.24, 2.45) is 0 Å². The van der Waals surface area contributed by atoms with Crippen molar-refractivity contribution in [3.05, 3.63) is 6.66 Å². The Morgan fingerprint density at radius 1 is 0.343 bits per heavy atom. The average Bonchev–Trinajstić information content (AvgIpc) is 2.86. The monoisotopic (exact) mass is 534 g/mol. The SMILES string of the molecule is [CH2-][P+](OCCOCCOCCOC)(OCCOCCOCCOC)OCCOCCOCCOC. The molecule has 13 heteroatoms. The van der Waals surface area contributed by atoms with Gasteiger partial charge in [-0.3, -0.25) is 0 Å². The van der Waals surface area contributed by atoms with Gasteiger partial charge in [-0.2, -0.15) is 0 Å². The van der Waals surface area contributed by atoms with Gasteiger partial charge in [0, 0.05) is 21.3 Å². The van der Waals surface area contributed by atoms with E-state index in [1.807, 2.05) is 0 Å². The van der Waals surface area contributed by atoms with E-state index in [1.165, 1.54) is 0 Å². The molecule has 0 amide bonds. The van der Waals surface area contributed by atoms with Gasteiger partial charge >= 0.3 is 0 Å². The molecule has 0 aliphatic rings. The summed E-state index contributed by atoms with van der Waals surface area (Å²) >= 11 is 0. The molecule has 0 aliphatic carbocycles. The number of rotatable bonds is 30. The van der Waals surface area contributed by atoms with Gasteiger partial charge in [0.05, 0.1) is 99.1 Å². The van der Waals surface area contributed by atoms with Gasteiger partial charge < -0.3 is 42.6 Å². The molecule has 0 aromatic rings. The van der Waals surface area contributed by atoms with Crippen LogP contribution in [0.2, 0.25) is 0 Å². The Balaban J connectivity index is 4.05. The minimum atomic E-state index is -2.81. The first-order chi connectivity index (χ1) is 17.2. The first kappa shape index (κ1) is 35.0. The molecule has 0 atom stereocenters. The van der Waals surface area contributed by atoms with Gasteiger partial charge in [0.15, 0.2) is 0 Å². The van der Waals surface area contributed by atoms with E-state index in [4.69, 9.17) is 56.2 Å². The van der Waals surface area contributed by atoms with Crippen LogP contribution in [0.15, 0.2) is 0 Å². The summed E-state index contributed by atoms with van der Waals surface area (Å²) in [5.74, 6) is 0. The Bertz CT molecular complexity index is 354. The molecule has 0 saturated carbocycles. The molecule has 35 heavy (non-hydrogen) atoms. The van der Waals surface area contributed by atoms with Gasteiger partial charge in [-0.05, 0) is 0 Å². The molecule has 0 spiro atoms. The van der Waals surface area contributed by atoms with Crippen molar-refractivity contribution < 1.29 is 56.2 Å². The van der Waals surface area contributed by atoms with Crippen molar-refractivity contribution in [2.75, 3.05) is 140 Å². The average molecular weight is 535 g/mol. The van der Waals surface area contributed by atoms with Gasteiger partial charge in [-0.25, -0.2) is 13.6 Å². The molecule has 212 valence electrons. The third kappa shape index (κ3) is 26.8. The quantitative estimate of drug-likeness (QED) is 0.0759. The van der Waals surface area contributed by atoms with Gasteiger partial charge in [0.2, 0.25) is 0 Å². The minimum absolute atomic E-state index is 0.276. The smallest absolute Gasteiger partial charge is 0.274 e. The maximum Gasteiger partial charge on any atom is 0.274 e. The summed E-state index contributed by atoms with van der Waals surface area (Å²) in [5.41, 5.74) is 0. The zero-order valence-electron chi connectivity index (χ0n) is 21.8. The lowest BCUT2D eigenvalue weighted by molar-refractivity contribution is 0.00208. The molecule has 0 radical (unpaired) electrons. The van der Waals surface area contributed by atoms with E-state index in [2.05, 4.69) is 6.66 Å². The van der Waals surface area contributed by atoms with Crippen LogP contribution in [0, 0.1) is 6.66 Å². The molecule has 0 bridgehead atoms. The summed E-state index contributed by atoms with van der Waals surface area (Å²) in [6.45, 7) is 12.1. The number of hydrogen-bond acceptors (Lipinski definition) is 12. The molecule has 12 nitrogen and oxygen atoms in total. The molecule has 0 aliphatic heterocycles. The van der Waals surface area contributed by atoms with Crippen molar-refractivity contribution in [1.82, 2.24) is 0 Å². The third-order valence-corrected chi connectivity index (χ3v) is 5.69. The summed E-state index contributed by atoms with van der Waals surface area (Å²) in [5, 5.41) is 0. The lowest BCUT2D eigenvalue weighted by atomic mass is 10.7. The molecule has 0 unspecified atom stereocenters. The predicted molar refractivity (Wildman–Crippen MR) is 131 cm³/mol. The highest BCUT2D eigenvalue weighted by Gasteiger charge is 2.30. The number of methoxy groups -OCH3 is 3. The molecular formula is C22H47O12P. The lowest BCUT2D eigenvalue weighted by Crippen LogP contribution is -2.16. The van der Waals surface area contributed by atoms with Crippen molar-refractivity contribution in [3.8, 4) is 0 Å². The van der Waals surface area contributed by atoms with Crippen molar-refractivity contribution in [3.63, 3.8) is 0 Å². The largest absolute Gasteiger partial charge is 0.382 e. The van der Waals surface area contributed by atoms with Crippen molar-refractivity contribution in [2.45, 2.75) is 0 Å². The van der Waals surface area contributed by atoms with E-state index >= 15 is 0 Å². The normalized spacial score (nSPS) is 12.0. The Morgan fingerprint density at radius 2 is 0.543 bits per heavy atom. The van der Waals surface area contributed by atoms with E-state index in [1.54, 1.807) is 21.3 Å². The van der Waals surface area contributed by atoms with Crippen LogP contribution in [0.3, 0.4) is 0 Å². The highest BCUT2D eigenvalue weighted by Crippen LogP contribution is 2.60. The van der Waals surface area contributed by atoms with Crippen LogP contribution in [0.4, 0.5) is 0 Å². The van der Waals surface area contributed by atoms with E-state index in [0.29, 0.717) is 99.1 Å². The summed E-state index contributed by atoms with van der Waals surface area (Å²) in [6.07, 6.45) is 0. The van der Waals surface area contributed by atoms with Crippen LogP contribution in [0.1, 0.15) is 0 Å². The van der Waals surface area contributed by atoms with E-state index in [0.717, 1.165) is 0 Å². The molecule has 0 fully saturated rings. The van der Waals surface area contributed by atoms with Crippen LogP contribution in [-0.4, -0.2) is 140 Å². The van der Waals surface area contributed by atoms with E-state index < -0.39 is 7.94 Å². The highest BCUT2D eigenvalue weighted by atomic mass is 31.2. The van der Waals surface area contributed by atoms with E-state index in [-0.39, 0.29) is 19.8 Å². The van der Waals surface area contributed by atoms with Gasteiger partial charge in [0.25, 0.3) is 7.94 Å². The fourth-order valence-electron chi connectivity index (χ4n) is 2.21. The fraction of sp³-hybridized carbons (Fsp3) is 0.955. The molecule has 0 N–H and O–H groups in total. The Morgan fingerprint density at radius 3 is 0.771 bits per heavy atom. The van der Waals surface area contributed by atoms with Crippen LogP contribution < -0.4 is 0 Å². The number of ether oxygens (including phenoxy) is 9. The zero-order valence-corrected chi connectivity index (χ0v) is 22.7. The van der Waals surface area contributed by atoms with Crippen LogP contribution in [0.25, 0.3) is 0 Å².